The minimum absolute atomic E-state index is 0.0722. The van der Waals surface area contributed by atoms with Crippen molar-refractivity contribution in [1.82, 2.24) is 9.21 Å². The van der Waals surface area contributed by atoms with E-state index in [1.807, 2.05) is 0 Å². The van der Waals surface area contributed by atoms with Crippen LogP contribution in [0.2, 0.25) is 0 Å². The van der Waals surface area contributed by atoms with E-state index in [4.69, 9.17) is 9.47 Å². The van der Waals surface area contributed by atoms with Crippen molar-refractivity contribution in [3.05, 3.63) is 18.2 Å². The number of carbonyl (C=O) groups excluding carboxylic acids is 1. The number of ether oxygens (including phenoxy) is 2. The molecule has 0 aromatic heterocycles. The number of likely N-dealkylation sites (tertiary alicyclic amines) is 1. The number of rotatable bonds is 5. The molecule has 2 atom stereocenters. The molecule has 2 aliphatic heterocycles. The molecule has 0 N–H and O–H groups in total. The molecular weight excluding hydrogens is 416 g/mol. The third kappa shape index (κ3) is 4.55. The maximum atomic E-state index is 13.1. The van der Waals surface area contributed by atoms with E-state index in [1.54, 1.807) is 12.1 Å². The van der Waals surface area contributed by atoms with Crippen LogP contribution in [0.25, 0.3) is 0 Å². The zero-order valence-electron chi connectivity index (χ0n) is 18.6. The lowest BCUT2D eigenvalue weighted by Gasteiger charge is -2.43. The highest BCUT2D eigenvalue weighted by atomic mass is 32.2. The number of benzene rings is 1. The number of methoxy groups -OCH3 is 2. The van der Waals surface area contributed by atoms with Crippen LogP contribution in [0.4, 0.5) is 0 Å². The first-order chi connectivity index (χ1) is 14.9. The van der Waals surface area contributed by atoms with Crippen LogP contribution in [-0.4, -0.2) is 63.9 Å². The smallest absolute Gasteiger partial charge is 0.243 e. The normalized spacial score (nSPS) is 25.7. The fourth-order valence-corrected chi connectivity index (χ4v) is 7.01. The van der Waals surface area contributed by atoms with Crippen molar-refractivity contribution in [3.63, 3.8) is 0 Å². The zero-order valence-corrected chi connectivity index (χ0v) is 19.4. The summed E-state index contributed by atoms with van der Waals surface area (Å²) in [7, 11) is -0.631. The van der Waals surface area contributed by atoms with Crippen LogP contribution in [0.5, 0.6) is 11.5 Å². The predicted molar refractivity (Wildman–Crippen MR) is 118 cm³/mol. The molecule has 0 bridgehead atoms. The average Bonchev–Trinajstić information content (AvgIpc) is 2.82. The summed E-state index contributed by atoms with van der Waals surface area (Å²) in [6, 6.07) is 4.65. The summed E-state index contributed by atoms with van der Waals surface area (Å²) in [4.78, 5) is 15.4. The van der Waals surface area contributed by atoms with E-state index in [2.05, 4.69) is 4.90 Å². The van der Waals surface area contributed by atoms with Crippen LogP contribution in [-0.2, 0) is 14.8 Å². The Morgan fingerprint density at radius 1 is 0.903 bits per heavy atom. The van der Waals surface area contributed by atoms with E-state index < -0.39 is 10.0 Å². The van der Waals surface area contributed by atoms with Gasteiger partial charge in [-0.2, -0.15) is 4.31 Å². The molecule has 7 nitrogen and oxygen atoms in total. The van der Waals surface area contributed by atoms with E-state index in [-0.39, 0.29) is 16.7 Å². The highest BCUT2D eigenvalue weighted by molar-refractivity contribution is 7.89. The van der Waals surface area contributed by atoms with Crippen LogP contribution in [0, 0.1) is 17.8 Å². The van der Waals surface area contributed by atoms with Gasteiger partial charge >= 0.3 is 0 Å². The van der Waals surface area contributed by atoms with Crippen LogP contribution in [0.15, 0.2) is 23.1 Å². The van der Waals surface area contributed by atoms with Gasteiger partial charge in [-0.15, -0.1) is 0 Å². The second-order valence-electron chi connectivity index (χ2n) is 9.07. The van der Waals surface area contributed by atoms with Crippen molar-refractivity contribution in [2.75, 3.05) is 40.4 Å². The monoisotopic (exact) mass is 450 g/mol. The Kier molecular flexibility index (Phi) is 6.77. The van der Waals surface area contributed by atoms with Gasteiger partial charge in [0.05, 0.1) is 19.1 Å². The van der Waals surface area contributed by atoms with E-state index >= 15 is 0 Å². The molecule has 2 saturated heterocycles. The number of fused-ring (bicyclic) bond motifs is 1. The minimum Gasteiger partial charge on any atom is -0.493 e. The predicted octanol–water partition coefficient (Wildman–Crippen LogP) is 3.14. The van der Waals surface area contributed by atoms with Crippen molar-refractivity contribution in [2.45, 2.75) is 49.8 Å². The summed E-state index contributed by atoms with van der Waals surface area (Å²) in [6.07, 6.45) is 7.47. The second-order valence-corrected chi connectivity index (χ2v) is 11.0. The lowest BCUT2D eigenvalue weighted by atomic mass is 9.75. The molecule has 1 saturated carbocycles. The molecule has 3 aliphatic rings. The standard InChI is InChI=1S/C23H34N2O5S/c1-29-21-8-7-20(15-22(21)30-2)31(27,28)25-13-10-18(11-14-25)23(26)24-12-9-17-5-3-4-6-19(17)16-24/h7-8,15,17-19H,3-6,9-14,16H2,1-2H3/t17-,19+/m0/s1. The Hall–Kier alpha value is -1.80. The maximum Gasteiger partial charge on any atom is 0.243 e. The van der Waals surface area contributed by atoms with E-state index in [0.29, 0.717) is 43.3 Å². The van der Waals surface area contributed by atoms with Crippen LogP contribution in [0.3, 0.4) is 0 Å². The summed E-state index contributed by atoms with van der Waals surface area (Å²) < 4.78 is 38.2. The third-order valence-electron chi connectivity index (χ3n) is 7.40. The zero-order chi connectivity index (χ0) is 22.0. The van der Waals surface area contributed by atoms with Crippen molar-refractivity contribution in [2.24, 2.45) is 17.8 Å². The van der Waals surface area contributed by atoms with Crippen molar-refractivity contribution in [1.29, 1.82) is 0 Å². The van der Waals surface area contributed by atoms with Gasteiger partial charge in [0.2, 0.25) is 15.9 Å². The molecule has 172 valence electrons. The maximum absolute atomic E-state index is 13.1. The molecule has 8 heteroatoms. The Balaban J connectivity index is 1.37. The minimum atomic E-state index is -3.64. The van der Waals surface area contributed by atoms with Gasteiger partial charge in [-0.25, -0.2) is 8.42 Å². The van der Waals surface area contributed by atoms with Gasteiger partial charge in [-0.3, -0.25) is 4.79 Å². The molecule has 3 fully saturated rings. The Labute approximate surface area is 185 Å². The van der Waals surface area contributed by atoms with Gasteiger partial charge in [0.1, 0.15) is 0 Å². The van der Waals surface area contributed by atoms with Crippen molar-refractivity contribution in [3.8, 4) is 11.5 Å². The third-order valence-corrected chi connectivity index (χ3v) is 9.29. The Morgan fingerprint density at radius 3 is 2.26 bits per heavy atom. The molecule has 31 heavy (non-hydrogen) atoms. The molecule has 0 unspecified atom stereocenters. The summed E-state index contributed by atoms with van der Waals surface area (Å²) in [5.74, 6) is 2.50. The molecule has 4 rings (SSSR count). The Morgan fingerprint density at radius 2 is 1.58 bits per heavy atom. The van der Waals surface area contributed by atoms with Crippen molar-refractivity contribution >= 4 is 15.9 Å². The molecule has 1 aromatic carbocycles. The molecule has 0 radical (unpaired) electrons. The first-order valence-corrected chi connectivity index (χ1v) is 12.9. The SMILES string of the molecule is COc1ccc(S(=O)(=O)N2CCC(C(=O)N3CC[C@@H]4CCCC[C@@H]4C3)CC2)cc1OC. The van der Waals surface area contributed by atoms with Crippen LogP contribution < -0.4 is 9.47 Å². The van der Waals surface area contributed by atoms with Crippen molar-refractivity contribution < 1.29 is 22.7 Å². The summed E-state index contributed by atoms with van der Waals surface area (Å²) in [5.41, 5.74) is 0. The first kappa shape index (κ1) is 22.4. The van der Waals surface area contributed by atoms with Gasteiger partial charge < -0.3 is 14.4 Å². The quantitative estimate of drug-likeness (QED) is 0.689. The second kappa shape index (κ2) is 9.36. The number of nitrogens with zero attached hydrogens (tertiary/aromatic N) is 2. The summed E-state index contributed by atoms with van der Waals surface area (Å²) in [5, 5.41) is 0. The molecule has 0 spiro atoms. The van der Waals surface area contributed by atoms with E-state index in [0.717, 1.165) is 25.4 Å². The lowest BCUT2D eigenvalue weighted by Crippen LogP contribution is -2.49. The molecule has 1 aromatic rings. The number of sulfonamides is 1. The highest BCUT2D eigenvalue weighted by Gasteiger charge is 2.38. The first-order valence-electron chi connectivity index (χ1n) is 11.4. The number of piperidine rings is 2. The Bertz CT molecular complexity index is 895. The van der Waals surface area contributed by atoms with Gasteiger partial charge in [-0.1, -0.05) is 19.3 Å². The largest absolute Gasteiger partial charge is 0.493 e. The van der Waals surface area contributed by atoms with Gasteiger partial charge in [-0.05, 0) is 49.7 Å². The van der Waals surface area contributed by atoms with Gasteiger partial charge in [0, 0.05) is 38.2 Å². The molecule has 1 amide bonds. The highest BCUT2D eigenvalue weighted by Crippen LogP contribution is 2.37. The topological polar surface area (TPSA) is 76.2 Å². The fraction of sp³-hybridized carbons (Fsp3) is 0.696. The average molecular weight is 451 g/mol. The fourth-order valence-electron chi connectivity index (χ4n) is 5.53. The van der Waals surface area contributed by atoms with Gasteiger partial charge in [0.15, 0.2) is 11.5 Å². The number of amides is 1. The van der Waals surface area contributed by atoms with Gasteiger partial charge in [0.25, 0.3) is 0 Å². The lowest BCUT2D eigenvalue weighted by molar-refractivity contribution is -0.139. The number of hydrogen-bond acceptors (Lipinski definition) is 5. The van der Waals surface area contributed by atoms with E-state index in [1.165, 1.54) is 50.3 Å². The van der Waals surface area contributed by atoms with Crippen LogP contribution >= 0.6 is 0 Å². The van der Waals surface area contributed by atoms with Crippen LogP contribution in [0.1, 0.15) is 44.9 Å². The number of carbonyl (C=O) groups is 1. The summed E-state index contributed by atoms with van der Waals surface area (Å²) >= 11 is 0. The molecule has 2 heterocycles. The van der Waals surface area contributed by atoms with E-state index in [9.17, 15) is 13.2 Å². The summed E-state index contributed by atoms with van der Waals surface area (Å²) in [6.45, 7) is 2.50. The molecular formula is C23H34N2O5S. The number of hydrogen-bond donors (Lipinski definition) is 0. The molecule has 1 aliphatic carbocycles.